The van der Waals surface area contributed by atoms with Crippen LogP contribution < -0.4 is 5.32 Å². The molecule has 1 saturated carbocycles. The first kappa shape index (κ1) is 22.7. The number of carbonyl (C=O) groups is 1. The van der Waals surface area contributed by atoms with Crippen molar-refractivity contribution < 1.29 is 18.0 Å². The summed E-state index contributed by atoms with van der Waals surface area (Å²) in [5.74, 6) is 0.0688. The highest BCUT2D eigenvalue weighted by molar-refractivity contribution is 5.78. The van der Waals surface area contributed by atoms with E-state index < -0.39 is 11.7 Å². The number of piperidine rings is 1. The van der Waals surface area contributed by atoms with Gasteiger partial charge < -0.3 is 5.32 Å². The molecule has 2 aliphatic rings. The Kier molecular flexibility index (Phi) is 7.08. The minimum absolute atomic E-state index is 0.0180. The number of alkyl halides is 3. The minimum atomic E-state index is -4.41. The third kappa shape index (κ3) is 5.65. The number of carbonyl (C=O) groups excluding carboxylic acids is 1. The van der Waals surface area contributed by atoms with E-state index in [1.165, 1.54) is 31.5 Å². The van der Waals surface area contributed by atoms with E-state index in [9.17, 15) is 18.0 Å². The van der Waals surface area contributed by atoms with Crippen molar-refractivity contribution in [3.63, 3.8) is 0 Å². The van der Waals surface area contributed by atoms with Crippen LogP contribution in [0.15, 0.2) is 36.7 Å². The summed E-state index contributed by atoms with van der Waals surface area (Å²) in [4.78, 5) is 23.6. The van der Waals surface area contributed by atoms with Crippen LogP contribution in [0.4, 0.5) is 13.2 Å². The maximum atomic E-state index is 13.2. The maximum Gasteiger partial charge on any atom is 0.416 e. The number of benzene rings is 1. The summed E-state index contributed by atoms with van der Waals surface area (Å²) in [5, 5.41) is 3.16. The molecule has 1 aromatic heterocycles. The molecule has 1 saturated heterocycles. The predicted molar refractivity (Wildman–Crippen MR) is 116 cm³/mol. The highest BCUT2D eigenvalue weighted by Gasteiger charge is 2.32. The molecule has 1 aliphatic heterocycles. The second kappa shape index (κ2) is 9.98. The molecule has 1 atom stereocenters. The fourth-order valence-electron chi connectivity index (χ4n) is 4.86. The molecule has 1 N–H and O–H groups in total. The Morgan fingerprint density at radius 1 is 1.06 bits per heavy atom. The lowest BCUT2D eigenvalue weighted by molar-refractivity contribution is -0.137. The van der Waals surface area contributed by atoms with Crippen LogP contribution in [0, 0.1) is 0 Å². The van der Waals surface area contributed by atoms with Crippen LogP contribution in [0.25, 0.3) is 11.3 Å². The Labute approximate surface area is 186 Å². The molecule has 2 heterocycles. The molecular weight excluding hydrogens is 417 g/mol. The number of nitrogens with one attached hydrogen (secondary N) is 1. The van der Waals surface area contributed by atoms with Crippen molar-refractivity contribution in [3.05, 3.63) is 47.9 Å². The average Bonchev–Trinajstić information content (AvgIpc) is 2.79. The molecule has 5 nitrogen and oxygen atoms in total. The average molecular weight is 447 g/mol. The summed E-state index contributed by atoms with van der Waals surface area (Å²) >= 11 is 0. The van der Waals surface area contributed by atoms with Crippen molar-refractivity contribution in [2.45, 2.75) is 63.1 Å². The van der Waals surface area contributed by atoms with E-state index in [-0.39, 0.29) is 17.9 Å². The van der Waals surface area contributed by atoms with E-state index in [1.807, 2.05) is 0 Å². The summed E-state index contributed by atoms with van der Waals surface area (Å²) in [6.07, 6.45) is 6.13. The van der Waals surface area contributed by atoms with Gasteiger partial charge in [-0.25, -0.2) is 0 Å². The quantitative estimate of drug-likeness (QED) is 0.718. The summed E-state index contributed by atoms with van der Waals surface area (Å²) in [6.45, 7) is 1.81. The molecule has 172 valence electrons. The fourth-order valence-corrected chi connectivity index (χ4v) is 4.86. The lowest BCUT2D eigenvalue weighted by atomic mass is 9.91. The van der Waals surface area contributed by atoms with E-state index in [1.54, 1.807) is 12.3 Å². The summed E-state index contributed by atoms with van der Waals surface area (Å²) in [7, 11) is 0. The van der Waals surface area contributed by atoms with Gasteiger partial charge in [0.1, 0.15) is 0 Å². The lowest BCUT2D eigenvalue weighted by Crippen LogP contribution is -2.45. The molecule has 2 fully saturated rings. The van der Waals surface area contributed by atoms with Gasteiger partial charge in [0.15, 0.2) is 0 Å². The first-order valence-corrected chi connectivity index (χ1v) is 11.4. The van der Waals surface area contributed by atoms with Crippen LogP contribution in [-0.2, 0) is 11.0 Å². The second-order valence-electron chi connectivity index (χ2n) is 8.85. The lowest BCUT2D eigenvalue weighted by Gasteiger charge is -2.33. The topological polar surface area (TPSA) is 58.1 Å². The first-order chi connectivity index (χ1) is 15.4. The molecule has 1 unspecified atom stereocenters. The first-order valence-electron chi connectivity index (χ1n) is 11.4. The Morgan fingerprint density at radius 3 is 2.62 bits per heavy atom. The zero-order valence-electron chi connectivity index (χ0n) is 18.1. The zero-order valence-corrected chi connectivity index (χ0v) is 18.1. The Morgan fingerprint density at radius 2 is 1.84 bits per heavy atom. The van der Waals surface area contributed by atoms with Crippen molar-refractivity contribution in [1.29, 1.82) is 0 Å². The molecule has 2 aromatic rings. The molecule has 8 heteroatoms. The molecule has 1 aliphatic carbocycles. The largest absolute Gasteiger partial charge is 0.416 e. The number of likely N-dealkylation sites (tertiary alicyclic amines) is 1. The third-order valence-corrected chi connectivity index (χ3v) is 6.42. The van der Waals surface area contributed by atoms with Crippen LogP contribution >= 0.6 is 0 Å². The molecule has 0 bridgehead atoms. The van der Waals surface area contributed by atoms with Crippen LogP contribution in [0.5, 0.6) is 0 Å². The van der Waals surface area contributed by atoms with E-state index in [4.69, 9.17) is 0 Å². The monoisotopic (exact) mass is 446 g/mol. The van der Waals surface area contributed by atoms with Crippen LogP contribution in [0.3, 0.4) is 0 Å². The van der Waals surface area contributed by atoms with Gasteiger partial charge in [0.05, 0.1) is 23.5 Å². The van der Waals surface area contributed by atoms with Gasteiger partial charge >= 0.3 is 6.18 Å². The van der Waals surface area contributed by atoms with E-state index in [2.05, 4.69) is 20.2 Å². The van der Waals surface area contributed by atoms with Crippen LogP contribution in [0.1, 0.15) is 62.1 Å². The van der Waals surface area contributed by atoms with Gasteiger partial charge in [-0.3, -0.25) is 19.7 Å². The predicted octanol–water partition coefficient (Wildman–Crippen LogP) is 4.79. The van der Waals surface area contributed by atoms with Crippen molar-refractivity contribution >= 4 is 5.91 Å². The van der Waals surface area contributed by atoms with Gasteiger partial charge in [-0.05, 0) is 44.4 Å². The highest BCUT2D eigenvalue weighted by atomic mass is 19.4. The summed E-state index contributed by atoms with van der Waals surface area (Å²) in [6, 6.07) is 5.52. The SMILES string of the molecule is O=C(CN1CCCC(c2nccnc2-c2cccc(C(F)(F)F)c2)C1)NC1CCCCC1. The van der Waals surface area contributed by atoms with E-state index >= 15 is 0 Å². The van der Waals surface area contributed by atoms with Crippen molar-refractivity contribution in [2.75, 3.05) is 19.6 Å². The van der Waals surface area contributed by atoms with Gasteiger partial charge in [0.25, 0.3) is 0 Å². The number of aromatic nitrogens is 2. The van der Waals surface area contributed by atoms with Crippen LogP contribution in [0.2, 0.25) is 0 Å². The molecule has 32 heavy (non-hydrogen) atoms. The number of amides is 1. The number of halogens is 3. The summed E-state index contributed by atoms with van der Waals surface area (Å²) in [5.41, 5.74) is 0.896. The Balaban J connectivity index is 1.47. The normalized spacial score (nSPS) is 20.8. The second-order valence-corrected chi connectivity index (χ2v) is 8.85. The van der Waals surface area contributed by atoms with E-state index in [0.29, 0.717) is 30.0 Å². The summed E-state index contributed by atoms with van der Waals surface area (Å²) < 4.78 is 39.6. The standard InChI is InChI=1S/C24H29F3N4O/c25-24(26,27)19-8-4-6-17(14-19)22-23(29-12-11-28-22)18-7-5-13-31(15-18)16-21(32)30-20-9-2-1-3-10-20/h4,6,8,11-12,14,18,20H,1-3,5,7,9-10,13,15-16H2,(H,30,32). The molecular formula is C24H29F3N4O. The molecule has 1 amide bonds. The number of hydrogen-bond acceptors (Lipinski definition) is 4. The Bertz CT molecular complexity index is 927. The van der Waals surface area contributed by atoms with Gasteiger partial charge in [-0.15, -0.1) is 0 Å². The Hall–Kier alpha value is -2.48. The third-order valence-electron chi connectivity index (χ3n) is 6.42. The van der Waals surface area contributed by atoms with Gasteiger partial charge in [-0.2, -0.15) is 13.2 Å². The van der Waals surface area contributed by atoms with Gasteiger partial charge in [0.2, 0.25) is 5.91 Å². The number of nitrogens with zero attached hydrogens (tertiary/aromatic N) is 3. The smallest absolute Gasteiger partial charge is 0.352 e. The van der Waals surface area contributed by atoms with E-state index in [0.717, 1.165) is 44.4 Å². The van der Waals surface area contributed by atoms with Crippen LogP contribution in [-0.4, -0.2) is 46.5 Å². The van der Waals surface area contributed by atoms with Crippen molar-refractivity contribution in [1.82, 2.24) is 20.2 Å². The number of rotatable bonds is 5. The maximum absolute atomic E-state index is 13.2. The molecule has 0 radical (unpaired) electrons. The van der Waals surface area contributed by atoms with Crippen molar-refractivity contribution in [3.8, 4) is 11.3 Å². The highest BCUT2D eigenvalue weighted by Crippen LogP contribution is 2.35. The molecule has 0 spiro atoms. The zero-order chi connectivity index (χ0) is 22.6. The van der Waals surface area contributed by atoms with Gasteiger partial charge in [0, 0.05) is 36.5 Å². The van der Waals surface area contributed by atoms with Gasteiger partial charge in [-0.1, -0.05) is 31.4 Å². The number of hydrogen-bond donors (Lipinski definition) is 1. The minimum Gasteiger partial charge on any atom is -0.352 e. The van der Waals surface area contributed by atoms with Crippen molar-refractivity contribution in [2.24, 2.45) is 0 Å². The molecule has 1 aromatic carbocycles. The fraction of sp³-hybridized carbons (Fsp3) is 0.542. The molecule has 4 rings (SSSR count).